The molecule has 19 heavy (non-hydrogen) atoms. The topological polar surface area (TPSA) is 46.5 Å². The van der Waals surface area contributed by atoms with Gasteiger partial charge in [-0.05, 0) is 43.4 Å². The lowest BCUT2D eigenvalue weighted by Gasteiger charge is -2.26. The van der Waals surface area contributed by atoms with E-state index >= 15 is 0 Å². The van der Waals surface area contributed by atoms with Crippen LogP contribution >= 0.6 is 0 Å². The van der Waals surface area contributed by atoms with Crippen LogP contribution in [0.3, 0.4) is 0 Å². The quantitative estimate of drug-likeness (QED) is 0.831. The van der Waals surface area contributed by atoms with E-state index in [1.54, 1.807) is 6.92 Å². The highest BCUT2D eigenvalue weighted by Gasteiger charge is 2.33. The Hall–Kier alpha value is -1.35. The summed E-state index contributed by atoms with van der Waals surface area (Å²) >= 11 is 0. The fourth-order valence-electron chi connectivity index (χ4n) is 2.29. The largest absolute Gasteiger partial charge is 0.466 e. The number of carbonyl (C=O) groups is 1. The number of esters is 1. The van der Waals surface area contributed by atoms with Gasteiger partial charge in [0.25, 0.3) is 0 Å². The summed E-state index contributed by atoms with van der Waals surface area (Å²) in [4.78, 5) is 12.0. The van der Waals surface area contributed by atoms with Crippen molar-refractivity contribution in [3.63, 3.8) is 0 Å². The van der Waals surface area contributed by atoms with E-state index in [2.05, 4.69) is 0 Å². The molecule has 0 radical (unpaired) electrons. The first-order valence-corrected chi connectivity index (χ1v) is 6.80. The van der Waals surface area contributed by atoms with Crippen LogP contribution in [-0.4, -0.2) is 17.7 Å². The molecule has 2 atom stereocenters. The van der Waals surface area contributed by atoms with Crippen molar-refractivity contribution in [1.29, 1.82) is 0 Å². The van der Waals surface area contributed by atoms with Crippen LogP contribution in [0.25, 0.3) is 0 Å². The van der Waals surface area contributed by atoms with E-state index in [4.69, 9.17) is 4.74 Å². The summed E-state index contributed by atoms with van der Waals surface area (Å²) in [5.74, 6) is -0.833. The number of aryl methyl sites for hydroxylation is 1. The lowest BCUT2D eigenvalue weighted by molar-refractivity contribution is -0.154. The van der Waals surface area contributed by atoms with E-state index in [0.717, 1.165) is 16.7 Å². The number of aliphatic hydroxyl groups excluding tert-OH is 1. The molecule has 1 aromatic rings. The van der Waals surface area contributed by atoms with Crippen LogP contribution in [0.5, 0.6) is 0 Å². The fraction of sp³-hybridized carbons (Fsp3) is 0.562. The maximum atomic E-state index is 12.0. The van der Waals surface area contributed by atoms with Crippen molar-refractivity contribution in [2.24, 2.45) is 11.8 Å². The van der Waals surface area contributed by atoms with E-state index in [0.29, 0.717) is 6.61 Å². The van der Waals surface area contributed by atoms with Gasteiger partial charge in [-0.2, -0.15) is 0 Å². The number of rotatable bonds is 5. The Bertz CT molecular complexity index is 438. The number of hydrogen-bond acceptors (Lipinski definition) is 3. The third-order valence-electron chi connectivity index (χ3n) is 3.58. The van der Waals surface area contributed by atoms with E-state index in [-0.39, 0.29) is 11.9 Å². The molecular weight excluding hydrogens is 240 g/mol. The molecule has 0 bridgehead atoms. The predicted molar refractivity (Wildman–Crippen MR) is 75.8 cm³/mol. The summed E-state index contributed by atoms with van der Waals surface area (Å²) in [6.45, 7) is 9.93. The number of aliphatic hydroxyl groups is 1. The minimum Gasteiger partial charge on any atom is -0.466 e. The number of carbonyl (C=O) groups excluding carboxylic acids is 1. The third-order valence-corrected chi connectivity index (χ3v) is 3.58. The van der Waals surface area contributed by atoms with Crippen molar-refractivity contribution in [3.05, 3.63) is 34.9 Å². The first kappa shape index (κ1) is 15.7. The van der Waals surface area contributed by atoms with Gasteiger partial charge in [-0.25, -0.2) is 0 Å². The number of ether oxygens (including phenoxy) is 1. The molecule has 0 heterocycles. The highest BCUT2D eigenvalue weighted by Crippen LogP contribution is 2.31. The van der Waals surface area contributed by atoms with Crippen molar-refractivity contribution >= 4 is 5.97 Å². The van der Waals surface area contributed by atoms with E-state index < -0.39 is 12.0 Å². The van der Waals surface area contributed by atoms with Crippen molar-refractivity contribution in [1.82, 2.24) is 0 Å². The zero-order chi connectivity index (χ0) is 14.6. The average molecular weight is 264 g/mol. The highest BCUT2D eigenvalue weighted by atomic mass is 16.5. The molecule has 0 aliphatic carbocycles. The molecule has 1 aromatic carbocycles. The van der Waals surface area contributed by atoms with Gasteiger partial charge in [0.2, 0.25) is 0 Å². The summed E-state index contributed by atoms with van der Waals surface area (Å²) in [5, 5.41) is 10.6. The second kappa shape index (κ2) is 6.71. The lowest BCUT2D eigenvalue weighted by Crippen LogP contribution is -2.29. The number of benzene rings is 1. The molecule has 0 aromatic heterocycles. The van der Waals surface area contributed by atoms with Crippen molar-refractivity contribution in [2.75, 3.05) is 6.61 Å². The molecule has 3 heteroatoms. The maximum Gasteiger partial charge on any atom is 0.312 e. The summed E-state index contributed by atoms with van der Waals surface area (Å²) in [6.07, 6.45) is -0.820. The lowest BCUT2D eigenvalue weighted by atomic mass is 9.84. The first-order chi connectivity index (χ1) is 8.90. The summed E-state index contributed by atoms with van der Waals surface area (Å²) in [7, 11) is 0. The van der Waals surface area contributed by atoms with Crippen LogP contribution in [0, 0.1) is 25.7 Å². The molecule has 1 rings (SSSR count). The minimum absolute atomic E-state index is 0.0222. The molecule has 0 saturated heterocycles. The maximum absolute atomic E-state index is 12.0. The fourth-order valence-corrected chi connectivity index (χ4v) is 2.29. The van der Waals surface area contributed by atoms with Crippen LogP contribution in [0.1, 0.15) is 43.6 Å². The molecule has 2 unspecified atom stereocenters. The molecule has 3 nitrogen and oxygen atoms in total. The monoisotopic (exact) mass is 264 g/mol. The SMILES string of the molecule is CCOC(=O)C(C(C)C)C(O)c1cccc(C)c1C. The Kier molecular flexibility index (Phi) is 5.55. The molecule has 0 amide bonds. The second-order valence-corrected chi connectivity index (χ2v) is 5.26. The normalized spacial score (nSPS) is 14.3. The number of hydrogen-bond donors (Lipinski definition) is 1. The van der Waals surface area contributed by atoms with Gasteiger partial charge < -0.3 is 9.84 Å². The summed E-state index contributed by atoms with van der Waals surface area (Å²) in [6, 6.07) is 5.78. The molecule has 0 aliphatic rings. The third kappa shape index (κ3) is 3.57. The molecular formula is C16H24O3. The van der Waals surface area contributed by atoms with Gasteiger partial charge in [0, 0.05) is 0 Å². The Morgan fingerprint density at radius 2 is 1.95 bits per heavy atom. The summed E-state index contributed by atoms with van der Waals surface area (Å²) < 4.78 is 5.08. The molecule has 0 spiro atoms. The zero-order valence-electron chi connectivity index (χ0n) is 12.4. The van der Waals surface area contributed by atoms with E-state index in [1.807, 2.05) is 45.9 Å². The molecule has 0 saturated carbocycles. The van der Waals surface area contributed by atoms with Crippen LogP contribution in [0.4, 0.5) is 0 Å². The Labute approximate surface area is 115 Å². The van der Waals surface area contributed by atoms with Crippen LogP contribution < -0.4 is 0 Å². The Morgan fingerprint density at radius 3 is 2.47 bits per heavy atom. The van der Waals surface area contributed by atoms with E-state index in [1.165, 1.54) is 0 Å². The minimum atomic E-state index is -0.820. The average Bonchev–Trinajstić information content (AvgIpc) is 2.32. The molecule has 0 fully saturated rings. The molecule has 1 N–H and O–H groups in total. The predicted octanol–water partition coefficient (Wildman–Crippen LogP) is 3.17. The van der Waals surface area contributed by atoms with Gasteiger partial charge in [-0.3, -0.25) is 4.79 Å². The van der Waals surface area contributed by atoms with Crippen LogP contribution in [0.2, 0.25) is 0 Å². The summed E-state index contributed by atoms with van der Waals surface area (Å²) in [5.41, 5.74) is 2.96. The zero-order valence-corrected chi connectivity index (χ0v) is 12.4. The highest BCUT2D eigenvalue weighted by molar-refractivity contribution is 5.73. The Morgan fingerprint density at radius 1 is 1.32 bits per heavy atom. The van der Waals surface area contributed by atoms with Crippen molar-refractivity contribution in [2.45, 2.75) is 40.7 Å². The van der Waals surface area contributed by atoms with Crippen molar-refractivity contribution in [3.8, 4) is 0 Å². The first-order valence-electron chi connectivity index (χ1n) is 6.80. The van der Waals surface area contributed by atoms with Gasteiger partial charge in [0.05, 0.1) is 18.6 Å². The van der Waals surface area contributed by atoms with Gasteiger partial charge in [-0.1, -0.05) is 32.0 Å². The van der Waals surface area contributed by atoms with Crippen LogP contribution in [-0.2, 0) is 9.53 Å². The molecule has 106 valence electrons. The smallest absolute Gasteiger partial charge is 0.312 e. The second-order valence-electron chi connectivity index (χ2n) is 5.26. The van der Waals surface area contributed by atoms with Gasteiger partial charge in [0.1, 0.15) is 0 Å². The van der Waals surface area contributed by atoms with Gasteiger partial charge in [-0.15, -0.1) is 0 Å². The standard InChI is InChI=1S/C16H24O3/c1-6-19-16(18)14(10(2)3)15(17)13-9-7-8-11(4)12(13)5/h7-10,14-15,17H,6H2,1-5H3. The molecule has 0 aliphatic heterocycles. The van der Waals surface area contributed by atoms with Crippen LogP contribution in [0.15, 0.2) is 18.2 Å². The van der Waals surface area contributed by atoms with E-state index in [9.17, 15) is 9.90 Å². The van der Waals surface area contributed by atoms with Gasteiger partial charge in [0.15, 0.2) is 0 Å². The Balaban J connectivity index is 3.09. The van der Waals surface area contributed by atoms with Gasteiger partial charge >= 0.3 is 5.97 Å². The van der Waals surface area contributed by atoms with Crippen molar-refractivity contribution < 1.29 is 14.6 Å².